The van der Waals surface area contributed by atoms with Crippen molar-refractivity contribution in [3.05, 3.63) is 57.0 Å². The van der Waals surface area contributed by atoms with Gasteiger partial charge in [-0.1, -0.05) is 19.9 Å². The molecule has 7 heteroatoms. The van der Waals surface area contributed by atoms with E-state index in [-0.39, 0.29) is 23.5 Å². The van der Waals surface area contributed by atoms with E-state index in [1.165, 1.54) is 12.1 Å². The first-order chi connectivity index (χ1) is 11.9. The Hall–Kier alpha value is -2.70. The Bertz CT molecular complexity index is 876. The molecule has 0 saturated carbocycles. The van der Waals surface area contributed by atoms with Gasteiger partial charge in [0, 0.05) is 12.2 Å². The van der Waals surface area contributed by atoms with Crippen molar-refractivity contribution in [3.63, 3.8) is 0 Å². The Morgan fingerprint density at radius 3 is 2.56 bits per heavy atom. The molecule has 0 saturated heterocycles. The fourth-order valence-corrected chi connectivity index (χ4v) is 2.84. The minimum atomic E-state index is -1.36. The molecule has 1 aliphatic rings. The largest absolute Gasteiger partial charge is 0.478 e. The highest BCUT2D eigenvalue weighted by molar-refractivity contribution is 5.96. The molecule has 134 valence electrons. The van der Waals surface area contributed by atoms with E-state index in [2.05, 4.69) is 5.32 Å². The van der Waals surface area contributed by atoms with E-state index in [9.17, 15) is 23.5 Å². The van der Waals surface area contributed by atoms with Gasteiger partial charge >= 0.3 is 5.97 Å². The third kappa shape index (κ3) is 3.40. The molecule has 0 amide bonds. The summed E-state index contributed by atoms with van der Waals surface area (Å²) in [5.41, 5.74) is -0.852. The average molecular weight is 350 g/mol. The number of hydrogen-bond donors (Lipinski definition) is 2. The summed E-state index contributed by atoms with van der Waals surface area (Å²) in [6, 6.07) is 4.21. The lowest BCUT2D eigenvalue weighted by Crippen LogP contribution is -2.27. The molecule has 0 fully saturated rings. The highest BCUT2D eigenvalue weighted by atomic mass is 19.1. The van der Waals surface area contributed by atoms with Gasteiger partial charge in [0.2, 0.25) is 5.82 Å². The Morgan fingerprint density at radius 2 is 1.96 bits per heavy atom. The summed E-state index contributed by atoms with van der Waals surface area (Å²) in [5, 5.41) is 11.9. The quantitative estimate of drug-likeness (QED) is 0.882. The number of nitrogens with zero attached hydrogens (tertiary/aromatic N) is 1. The zero-order valence-electron chi connectivity index (χ0n) is 14.3. The number of halogens is 2. The maximum absolute atomic E-state index is 14.4. The van der Waals surface area contributed by atoms with Gasteiger partial charge in [0.1, 0.15) is 11.4 Å². The van der Waals surface area contributed by atoms with E-state index in [0.717, 1.165) is 4.57 Å². The van der Waals surface area contributed by atoms with Crippen LogP contribution in [0.2, 0.25) is 0 Å². The van der Waals surface area contributed by atoms with Crippen LogP contribution < -0.4 is 10.9 Å². The van der Waals surface area contributed by atoms with Crippen LogP contribution in [0.25, 0.3) is 0 Å². The fourth-order valence-electron chi connectivity index (χ4n) is 2.84. The van der Waals surface area contributed by atoms with Crippen LogP contribution in [0.3, 0.4) is 0 Å². The van der Waals surface area contributed by atoms with Crippen molar-refractivity contribution in [1.29, 1.82) is 0 Å². The number of aryl methyl sites for hydroxylation is 1. The van der Waals surface area contributed by atoms with Gasteiger partial charge in [-0.05, 0) is 37.5 Å². The molecule has 1 aromatic heterocycles. The molecular weight excluding hydrogens is 330 g/mol. The van der Waals surface area contributed by atoms with E-state index in [1.807, 2.05) is 13.8 Å². The van der Waals surface area contributed by atoms with Gasteiger partial charge in [0.15, 0.2) is 0 Å². The van der Waals surface area contributed by atoms with Gasteiger partial charge in [0.05, 0.1) is 11.4 Å². The van der Waals surface area contributed by atoms with Gasteiger partial charge < -0.3 is 15.0 Å². The summed E-state index contributed by atoms with van der Waals surface area (Å²) < 4.78 is 29.5. The summed E-state index contributed by atoms with van der Waals surface area (Å²) in [7, 11) is 0. The van der Waals surface area contributed by atoms with Crippen LogP contribution in [0, 0.1) is 18.6 Å². The van der Waals surface area contributed by atoms with Gasteiger partial charge in [0.25, 0.3) is 5.56 Å². The van der Waals surface area contributed by atoms with E-state index >= 15 is 0 Å². The number of carboxylic acids is 1. The number of fused-ring (bicyclic) bond motifs is 1. The number of aromatic nitrogens is 1. The minimum absolute atomic E-state index is 0.0839. The molecule has 0 spiro atoms. The highest BCUT2D eigenvalue weighted by Gasteiger charge is 2.29. The van der Waals surface area contributed by atoms with Crippen molar-refractivity contribution in [2.24, 2.45) is 0 Å². The van der Waals surface area contributed by atoms with Crippen LogP contribution in [0.15, 0.2) is 23.0 Å². The number of benzene rings is 1. The van der Waals surface area contributed by atoms with Crippen molar-refractivity contribution in [3.8, 4) is 0 Å². The highest BCUT2D eigenvalue weighted by Crippen LogP contribution is 2.30. The molecule has 1 aliphatic heterocycles. The number of aromatic carboxylic acids is 1. The molecule has 2 aromatic rings. The minimum Gasteiger partial charge on any atom is -0.478 e. The number of rotatable bonds is 3. The Labute approximate surface area is 143 Å². The van der Waals surface area contributed by atoms with Crippen molar-refractivity contribution in [2.45, 2.75) is 40.2 Å². The van der Waals surface area contributed by atoms with E-state index < -0.39 is 28.9 Å². The smallest absolute Gasteiger partial charge is 0.339 e. The molecule has 1 aromatic carbocycles. The average Bonchev–Trinajstić information content (AvgIpc) is 3.05. The number of pyridine rings is 1. The van der Waals surface area contributed by atoms with Crippen molar-refractivity contribution >= 4 is 17.3 Å². The standard InChI is InChI=1S/C16H14F2N2O3.C2H6/c1-8-4-5-10(9(17)7-8)19-14-12(16(22)23)11-3-2-6-20(11)15(21)13(14)18;1-2/h4-5,7,19H,2-3,6H2,1H3,(H,22,23);1-2H3. The molecule has 5 nitrogen and oxygen atoms in total. The molecule has 0 atom stereocenters. The van der Waals surface area contributed by atoms with Crippen LogP contribution in [-0.2, 0) is 13.0 Å². The molecule has 0 bridgehead atoms. The summed E-state index contributed by atoms with van der Waals surface area (Å²) in [4.78, 5) is 23.6. The molecule has 3 rings (SSSR count). The second-order valence-electron chi connectivity index (χ2n) is 5.48. The van der Waals surface area contributed by atoms with Gasteiger partial charge in [-0.2, -0.15) is 4.39 Å². The fraction of sp³-hybridized carbons (Fsp3) is 0.333. The Kier molecular flexibility index (Phi) is 5.56. The van der Waals surface area contributed by atoms with Crippen LogP contribution in [0.1, 0.15) is 41.9 Å². The third-order valence-corrected chi connectivity index (χ3v) is 3.91. The summed E-state index contributed by atoms with van der Waals surface area (Å²) in [6.45, 7) is 5.97. The zero-order valence-corrected chi connectivity index (χ0v) is 14.3. The first kappa shape index (κ1) is 18.6. The molecule has 0 aliphatic carbocycles. The lowest BCUT2D eigenvalue weighted by Gasteiger charge is -2.15. The maximum Gasteiger partial charge on any atom is 0.339 e. The first-order valence-electron chi connectivity index (χ1n) is 8.11. The van der Waals surface area contributed by atoms with Crippen LogP contribution in [0.4, 0.5) is 20.2 Å². The predicted molar refractivity (Wildman–Crippen MR) is 91.7 cm³/mol. The van der Waals surface area contributed by atoms with Crippen LogP contribution >= 0.6 is 0 Å². The predicted octanol–water partition coefficient (Wildman–Crippen LogP) is 3.85. The van der Waals surface area contributed by atoms with Gasteiger partial charge in [-0.25, -0.2) is 9.18 Å². The summed E-state index contributed by atoms with van der Waals surface area (Å²) in [6.07, 6.45) is 0.930. The maximum atomic E-state index is 14.4. The normalized spacial score (nSPS) is 12.2. The number of anilines is 2. The third-order valence-electron chi connectivity index (χ3n) is 3.91. The van der Waals surface area contributed by atoms with Crippen LogP contribution in [0.5, 0.6) is 0 Å². The Morgan fingerprint density at radius 1 is 1.28 bits per heavy atom. The monoisotopic (exact) mass is 350 g/mol. The molecular formula is C18H20F2N2O3. The lowest BCUT2D eigenvalue weighted by atomic mass is 10.1. The molecule has 0 unspecified atom stereocenters. The number of carbonyl (C=O) groups is 1. The summed E-state index contributed by atoms with van der Waals surface area (Å²) >= 11 is 0. The number of carboxylic acid groups (broad SMARTS) is 1. The van der Waals surface area contributed by atoms with E-state index in [4.69, 9.17) is 0 Å². The van der Waals surface area contributed by atoms with Gasteiger partial charge in [-0.15, -0.1) is 0 Å². The molecule has 0 radical (unpaired) electrons. The number of nitrogens with one attached hydrogen (secondary N) is 1. The molecule has 25 heavy (non-hydrogen) atoms. The van der Waals surface area contributed by atoms with E-state index in [1.54, 1.807) is 13.0 Å². The molecule has 2 N–H and O–H groups in total. The SMILES string of the molecule is CC.Cc1ccc(Nc2c(C(=O)O)c3n(c(=O)c2F)CCC3)c(F)c1. The van der Waals surface area contributed by atoms with Crippen molar-refractivity contribution < 1.29 is 18.7 Å². The van der Waals surface area contributed by atoms with Crippen LogP contribution in [-0.4, -0.2) is 15.6 Å². The van der Waals surface area contributed by atoms with Gasteiger partial charge in [-0.3, -0.25) is 4.79 Å². The summed E-state index contributed by atoms with van der Waals surface area (Å²) in [5.74, 6) is -3.22. The number of hydrogen-bond acceptors (Lipinski definition) is 3. The molecule has 2 heterocycles. The second kappa shape index (κ2) is 7.46. The zero-order chi connectivity index (χ0) is 18.7. The van der Waals surface area contributed by atoms with E-state index in [0.29, 0.717) is 18.4 Å². The first-order valence-corrected chi connectivity index (χ1v) is 8.11. The Balaban J connectivity index is 0.00000109. The van der Waals surface area contributed by atoms with Crippen molar-refractivity contribution in [2.75, 3.05) is 5.32 Å². The lowest BCUT2D eigenvalue weighted by molar-refractivity contribution is 0.0695. The second-order valence-corrected chi connectivity index (χ2v) is 5.48. The topological polar surface area (TPSA) is 71.3 Å². The van der Waals surface area contributed by atoms with Crippen molar-refractivity contribution in [1.82, 2.24) is 4.57 Å².